The summed E-state index contributed by atoms with van der Waals surface area (Å²) < 4.78 is 5.64. The third-order valence-electron chi connectivity index (χ3n) is 2.85. The summed E-state index contributed by atoms with van der Waals surface area (Å²) in [5.41, 5.74) is 1.63. The van der Waals surface area contributed by atoms with Gasteiger partial charge in [0.05, 0.1) is 12.7 Å². The fourth-order valence-electron chi connectivity index (χ4n) is 1.71. The smallest absolute Gasteiger partial charge is 0.245 e. The summed E-state index contributed by atoms with van der Waals surface area (Å²) >= 11 is 0. The lowest BCUT2D eigenvalue weighted by Crippen LogP contribution is -2.51. The van der Waals surface area contributed by atoms with E-state index < -0.39 is 12.1 Å². The van der Waals surface area contributed by atoms with E-state index in [0.717, 1.165) is 5.56 Å². The Balaban J connectivity index is -0.000000376. The number of ether oxygens (including phenoxy) is 1. The molecule has 2 amide bonds. The molecule has 0 saturated heterocycles. The predicted octanol–water partition coefficient (Wildman–Crippen LogP) is 2.18. The first-order valence-corrected chi connectivity index (χ1v) is 8.38. The number of benzene rings is 1. The quantitative estimate of drug-likeness (QED) is 0.782. The number of likely N-dealkylation sites (N-methyl/N-ethyl adjacent to an activating group) is 1. The van der Waals surface area contributed by atoms with Gasteiger partial charge in [0.15, 0.2) is 0 Å². The first-order chi connectivity index (χ1) is 11.4. The van der Waals surface area contributed by atoms with Crippen LogP contribution < -0.4 is 16.1 Å². The summed E-state index contributed by atoms with van der Waals surface area (Å²) in [4.78, 5) is 22.9. The Hall–Kier alpha value is -1.82. The van der Waals surface area contributed by atoms with Gasteiger partial charge in [0.1, 0.15) is 13.9 Å². The molecule has 138 valence electrons. The monoisotopic (exact) mass is 338 g/mol. The highest BCUT2D eigenvalue weighted by atomic mass is 16.5. The molecule has 2 radical (unpaired) electrons. The van der Waals surface area contributed by atoms with Crippen LogP contribution in [0.5, 0.6) is 0 Å². The molecular formula is C18H35BN2O3. The van der Waals surface area contributed by atoms with Crippen molar-refractivity contribution in [1.29, 1.82) is 0 Å². The first kappa shape index (κ1) is 24.4. The molecule has 5 nitrogen and oxygen atoms in total. The zero-order valence-corrected chi connectivity index (χ0v) is 16.0. The van der Waals surface area contributed by atoms with Crippen molar-refractivity contribution in [3.63, 3.8) is 0 Å². The van der Waals surface area contributed by atoms with Crippen molar-refractivity contribution >= 4 is 25.1 Å². The second-order valence-corrected chi connectivity index (χ2v) is 4.55. The van der Waals surface area contributed by atoms with Crippen molar-refractivity contribution in [1.82, 2.24) is 10.6 Å². The molecule has 0 bridgehead atoms. The van der Waals surface area contributed by atoms with E-state index in [1.165, 1.54) is 14.0 Å². The molecule has 6 heteroatoms. The Morgan fingerprint density at radius 3 is 2.08 bits per heavy atom. The van der Waals surface area contributed by atoms with E-state index in [2.05, 4.69) is 10.6 Å². The van der Waals surface area contributed by atoms with Gasteiger partial charge in [0.25, 0.3) is 0 Å². The van der Waals surface area contributed by atoms with E-state index in [0.29, 0.717) is 12.1 Å². The van der Waals surface area contributed by atoms with Gasteiger partial charge in [-0.05, 0) is 12.5 Å². The maximum Gasteiger partial charge on any atom is 0.245 e. The molecule has 2 N–H and O–H groups in total. The molecule has 0 aliphatic rings. The average molecular weight is 338 g/mol. The van der Waals surface area contributed by atoms with Crippen LogP contribution in [0.1, 0.15) is 50.0 Å². The first-order valence-electron chi connectivity index (χ1n) is 8.38. The second-order valence-electron chi connectivity index (χ2n) is 4.55. The molecule has 0 fully saturated rings. The normalized spacial score (nSPS) is 11.6. The van der Waals surface area contributed by atoms with Crippen molar-refractivity contribution in [3.8, 4) is 0 Å². The zero-order valence-electron chi connectivity index (χ0n) is 16.0. The van der Waals surface area contributed by atoms with Crippen molar-refractivity contribution in [2.24, 2.45) is 0 Å². The Kier molecular flexibility index (Phi) is 15.0. The van der Waals surface area contributed by atoms with Gasteiger partial charge in [0.2, 0.25) is 11.8 Å². The summed E-state index contributed by atoms with van der Waals surface area (Å²) in [6, 6.07) is 6.57. The third kappa shape index (κ3) is 10.1. The maximum absolute atomic E-state index is 11.7. The molecule has 0 spiro atoms. The SMILES string of the molecule is CC.CC.[B]c1ccc(COC(C)C(NC(C)=O)C(=O)NC)cc1.[HH].[HH]. The topological polar surface area (TPSA) is 67.4 Å². The largest absolute Gasteiger partial charge is 0.371 e. The van der Waals surface area contributed by atoms with Crippen molar-refractivity contribution in [3.05, 3.63) is 29.8 Å². The van der Waals surface area contributed by atoms with Gasteiger partial charge in [-0.2, -0.15) is 0 Å². The summed E-state index contributed by atoms with van der Waals surface area (Å²) in [5, 5.41) is 5.09. The van der Waals surface area contributed by atoms with Gasteiger partial charge in [-0.25, -0.2) is 0 Å². The Labute approximate surface area is 150 Å². The van der Waals surface area contributed by atoms with Crippen LogP contribution >= 0.6 is 0 Å². The third-order valence-corrected chi connectivity index (χ3v) is 2.85. The number of hydrogen-bond donors (Lipinski definition) is 2. The predicted molar refractivity (Wildman–Crippen MR) is 105 cm³/mol. The fraction of sp³-hybridized carbons (Fsp3) is 0.556. The fourth-order valence-corrected chi connectivity index (χ4v) is 1.71. The van der Waals surface area contributed by atoms with Crippen LogP contribution in [0.3, 0.4) is 0 Å². The molecule has 0 saturated carbocycles. The molecule has 0 aromatic heterocycles. The van der Waals surface area contributed by atoms with E-state index in [4.69, 9.17) is 12.6 Å². The van der Waals surface area contributed by atoms with Crippen LogP contribution in [0.25, 0.3) is 0 Å². The molecule has 0 heterocycles. The van der Waals surface area contributed by atoms with Crippen LogP contribution in [0.2, 0.25) is 0 Å². The van der Waals surface area contributed by atoms with Crippen LogP contribution in [0, 0.1) is 0 Å². The Morgan fingerprint density at radius 1 is 1.17 bits per heavy atom. The van der Waals surface area contributed by atoms with E-state index in [9.17, 15) is 9.59 Å². The van der Waals surface area contributed by atoms with Gasteiger partial charge < -0.3 is 15.4 Å². The lowest BCUT2D eigenvalue weighted by Gasteiger charge is -2.23. The van der Waals surface area contributed by atoms with Gasteiger partial charge in [-0.1, -0.05) is 57.4 Å². The molecule has 0 aliphatic carbocycles. The summed E-state index contributed by atoms with van der Waals surface area (Å²) in [6.07, 6.45) is -0.448. The van der Waals surface area contributed by atoms with E-state index in [-0.39, 0.29) is 14.7 Å². The summed E-state index contributed by atoms with van der Waals surface area (Å²) in [6.45, 7) is 11.4. The van der Waals surface area contributed by atoms with Gasteiger partial charge in [-0.15, -0.1) is 0 Å². The standard InChI is InChI=1S/C14H19BN2O3.2C2H6.2H2/c1-9(13(14(19)16-3)17-10(2)18)20-8-11-4-6-12(15)7-5-11;2*1-2;;/h4-7,9,13H,8H2,1-3H3,(H,16,19)(H,17,18);2*1-2H3;2*1H. The highest BCUT2D eigenvalue weighted by Gasteiger charge is 2.25. The Morgan fingerprint density at radius 2 is 1.67 bits per heavy atom. The van der Waals surface area contributed by atoms with Gasteiger partial charge in [0, 0.05) is 16.8 Å². The second kappa shape index (κ2) is 14.8. The lowest BCUT2D eigenvalue weighted by atomic mass is 9.95. The molecule has 1 rings (SSSR count). The summed E-state index contributed by atoms with van der Waals surface area (Å²) in [7, 11) is 7.12. The van der Waals surface area contributed by atoms with Crippen molar-refractivity contribution in [2.75, 3.05) is 7.05 Å². The van der Waals surface area contributed by atoms with E-state index in [1.807, 2.05) is 39.8 Å². The maximum atomic E-state index is 11.7. The molecule has 0 aliphatic heterocycles. The van der Waals surface area contributed by atoms with E-state index >= 15 is 0 Å². The number of carbonyl (C=O) groups is 2. The molecule has 1 aromatic rings. The van der Waals surface area contributed by atoms with Crippen LogP contribution in [-0.2, 0) is 20.9 Å². The number of rotatable bonds is 6. The van der Waals surface area contributed by atoms with Gasteiger partial charge in [-0.3, -0.25) is 9.59 Å². The number of nitrogens with one attached hydrogen (secondary N) is 2. The number of amides is 2. The minimum atomic E-state index is -0.716. The Bertz CT molecular complexity index is 474. The van der Waals surface area contributed by atoms with Gasteiger partial charge >= 0.3 is 0 Å². The van der Waals surface area contributed by atoms with Crippen molar-refractivity contribution in [2.45, 2.75) is 60.3 Å². The minimum absolute atomic E-state index is 0. The molecule has 2 unspecified atom stereocenters. The number of carbonyl (C=O) groups excluding carboxylic acids is 2. The zero-order chi connectivity index (χ0) is 19.1. The van der Waals surface area contributed by atoms with E-state index in [1.54, 1.807) is 19.1 Å². The van der Waals surface area contributed by atoms with Crippen LogP contribution in [-0.4, -0.2) is 38.9 Å². The molecule has 1 aromatic carbocycles. The molecular weight excluding hydrogens is 303 g/mol. The van der Waals surface area contributed by atoms with Crippen molar-refractivity contribution < 1.29 is 17.2 Å². The average Bonchev–Trinajstić information content (AvgIpc) is 2.61. The number of hydrogen-bond acceptors (Lipinski definition) is 3. The highest BCUT2D eigenvalue weighted by molar-refractivity contribution is 6.32. The van der Waals surface area contributed by atoms with Crippen LogP contribution in [0.15, 0.2) is 24.3 Å². The molecule has 2 atom stereocenters. The minimum Gasteiger partial charge on any atom is -0.371 e. The lowest BCUT2D eigenvalue weighted by molar-refractivity contribution is -0.132. The molecule has 24 heavy (non-hydrogen) atoms. The summed E-state index contributed by atoms with van der Waals surface area (Å²) in [5.74, 6) is -0.563. The highest BCUT2D eigenvalue weighted by Crippen LogP contribution is 2.06. The van der Waals surface area contributed by atoms with Crippen LogP contribution in [0.4, 0.5) is 0 Å².